The molecule has 1 N–H and O–H groups in total. The Balaban J connectivity index is 1.67. The number of halogens is 1. The number of carbonyl (C=O) groups excluding carboxylic acids is 2. The molecule has 1 atom stereocenters. The molecule has 1 heterocycles. The molecule has 2 amide bonds. The van der Waals surface area contributed by atoms with Gasteiger partial charge in [0.15, 0.2) is 6.10 Å². The third-order valence-corrected chi connectivity index (χ3v) is 5.37. The Bertz CT molecular complexity index is 1190. The lowest BCUT2D eigenvalue weighted by molar-refractivity contribution is -0.125. The summed E-state index contributed by atoms with van der Waals surface area (Å²) in [6, 6.07) is 16.3. The average Bonchev–Trinajstić information content (AvgIpc) is 2.82. The molecule has 1 unspecified atom stereocenters. The summed E-state index contributed by atoms with van der Waals surface area (Å²) < 4.78 is 30.6. The predicted molar refractivity (Wildman–Crippen MR) is 122 cm³/mol. The van der Waals surface area contributed by atoms with Crippen molar-refractivity contribution in [3.05, 3.63) is 77.6 Å². The zero-order chi connectivity index (χ0) is 23.5. The largest absolute Gasteiger partial charge is 0.496 e. The third kappa shape index (κ3) is 4.32. The zero-order valence-corrected chi connectivity index (χ0v) is 18.4. The van der Waals surface area contributed by atoms with Crippen LogP contribution < -0.4 is 24.4 Å². The molecule has 0 fully saturated rings. The molecule has 0 bridgehead atoms. The van der Waals surface area contributed by atoms with E-state index in [1.165, 1.54) is 25.2 Å². The van der Waals surface area contributed by atoms with Gasteiger partial charge in [0.2, 0.25) is 0 Å². The number of benzene rings is 3. The van der Waals surface area contributed by atoms with Crippen LogP contribution in [0, 0.1) is 5.82 Å². The third-order valence-electron chi connectivity index (χ3n) is 5.37. The van der Waals surface area contributed by atoms with Gasteiger partial charge in [0.25, 0.3) is 11.8 Å². The van der Waals surface area contributed by atoms with Gasteiger partial charge in [-0.25, -0.2) is 4.39 Å². The van der Waals surface area contributed by atoms with Gasteiger partial charge in [-0.05, 0) is 43.3 Å². The molecular weight excluding hydrogens is 427 g/mol. The van der Waals surface area contributed by atoms with Gasteiger partial charge in [0.05, 0.1) is 26.5 Å². The Morgan fingerprint density at radius 3 is 2.42 bits per heavy atom. The molecule has 3 aromatic rings. The highest BCUT2D eigenvalue weighted by Crippen LogP contribution is 2.38. The number of fused-ring (bicyclic) bond motifs is 1. The molecule has 4 rings (SSSR count). The Hall–Kier alpha value is -4.07. The summed E-state index contributed by atoms with van der Waals surface area (Å²) in [4.78, 5) is 27.4. The standard InChI is InChI=1S/C25H23FN2O5/c1-15-25(30)28(14-16-7-4-5-8-18(16)26)19-13-17(11-12-20(19)33-15)27-24(29)23-21(31-2)9-6-10-22(23)32-3/h4-13,15H,14H2,1-3H3,(H,27,29). The molecule has 0 saturated heterocycles. The minimum atomic E-state index is -0.720. The molecule has 0 radical (unpaired) electrons. The van der Waals surface area contributed by atoms with Gasteiger partial charge < -0.3 is 24.4 Å². The van der Waals surface area contributed by atoms with Gasteiger partial charge >= 0.3 is 0 Å². The quantitative estimate of drug-likeness (QED) is 0.602. The number of hydrogen-bond donors (Lipinski definition) is 1. The summed E-state index contributed by atoms with van der Waals surface area (Å²) in [6.45, 7) is 1.67. The monoisotopic (exact) mass is 450 g/mol. The van der Waals surface area contributed by atoms with E-state index in [-0.39, 0.29) is 18.0 Å². The van der Waals surface area contributed by atoms with E-state index in [2.05, 4.69) is 5.32 Å². The summed E-state index contributed by atoms with van der Waals surface area (Å²) >= 11 is 0. The number of rotatable bonds is 6. The maximum atomic E-state index is 14.3. The van der Waals surface area contributed by atoms with E-state index in [1.54, 1.807) is 61.5 Å². The van der Waals surface area contributed by atoms with Crippen LogP contribution in [-0.4, -0.2) is 32.1 Å². The Morgan fingerprint density at radius 2 is 1.76 bits per heavy atom. The summed E-state index contributed by atoms with van der Waals surface area (Å²) in [5, 5.41) is 2.81. The topological polar surface area (TPSA) is 77.1 Å². The molecule has 0 saturated carbocycles. The molecule has 1 aliphatic heterocycles. The molecule has 7 nitrogen and oxygen atoms in total. The molecule has 8 heteroatoms. The van der Waals surface area contributed by atoms with Gasteiger partial charge in [-0.15, -0.1) is 0 Å². The normalized spacial score (nSPS) is 14.8. The van der Waals surface area contributed by atoms with Crippen molar-refractivity contribution in [1.29, 1.82) is 0 Å². The van der Waals surface area contributed by atoms with Crippen molar-refractivity contribution in [3.8, 4) is 17.2 Å². The summed E-state index contributed by atoms with van der Waals surface area (Å²) in [7, 11) is 2.93. The van der Waals surface area contributed by atoms with Crippen LogP contribution in [-0.2, 0) is 11.3 Å². The van der Waals surface area contributed by atoms with E-state index in [0.29, 0.717) is 34.2 Å². The molecule has 33 heavy (non-hydrogen) atoms. The first-order valence-electron chi connectivity index (χ1n) is 10.3. The molecule has 170 valence electrons. The van der Waals surface area contributed by atoms with Gasteiger partial charge in [-0.2, -0.15) is 0 Å². The van der Waals surface area contributed by atoms with Crippen molar-refractivity contribution >= 4 is 23.2 Å². The number of nitrogens with zero attached hydrogens (tertiary/aromatic N) is 1. The van der Waals surface area contributed by atoms with E-state index in [4.69, 9.17) is 14.2 Å². The zero-order valence-electron chi connectivity index (χ0n) is 18.4. The molecule has 3 aromatic carbocycles. The van der Waals surface area contributed by atoms with Crippen LogP contribution in [0.4, 0.5) is 15.8 Å². The van der Waals surface area contributed by atoms with Gasteiger partial charge in [-0.3, -0.25) is 9.59 Å². The highest BCUT2D eigenvalue weighted by atomic mass is 19.1. The fourth-order valence-corrected chi connectivity index (χ4v) is 3.71. The fraction of sp³-hybridized carbons (Fsp3) is 0.200. The summed E-state index contributed by atoms with van der Waals surface area (Å²) in [6.07, 6.45) is -0.720. The lowest BCUT2D eigenvalue weighted by Crippen LogP contribution is -2.44. The van der Waals surface area contributed by atoms with Crippen molar-refractivity contribution < 1.29 is 28.2 Å². The number of nitrogens with one attached hydrogen (secondary N) is 1. The first-order chi connectivity index (χ1) is 15.9. The van der Waals surface area contributed by atoms with Gasteiger partial charge in [0.1, 0.15) is 28.6 Å². The molecule has 0 aliphatic carbocycles. The number of ether oxygens (including phenoxy) is 3. The highest BCUT2D eigenvalue weighted by molar-refractivity contribution is 6.09. The number of methoxy groups -OCH3 is 2. The van der Waals surface area contributed by atoms with E-state index < -0.39 is 17.8 Å². The second kappa shape index (κ2) is 9.20. The first-order valence-corrected chi connectivity index (χ1v) is 10.3. The van der Waals surface area contributed by atoms with Crippen LogP contribution in [0.3, 0.4) is 0 Å². The van der Waals surface area contributed by atoms with Crippen LogP contribution in [0.15, 0.2) is 60.7 Å². The van der Waals surface area contributed by atoms with Crippen molar-refractivity contribution in [3.63, 3.8) is 0 Å². The van der Waals surface area contributed by atoms with E-state index in [0.717, 1.165) is 0 Å². The Morgan fingerprint density at radius 1 is 1.06 bits per heavy atom. The van der Waals surface area contributed by atoms with Crippen molar-refractivity contribution in [2.75, 3.05) is 24.4 Å². The lowest BCUT2D eigenvalue weighted by atomic mass is 10.1. The predicted octanol–water partition coefficient (Wildman–Crippen LogP) is 4.41. The lowest BCUT2D eigenvalue weighted by Gasteiger charge is -2.33. The maximum Gasteiger partial charge on any atom is 0.268 e. The first kappa shape index (κ1) is 22.1. The van der Waals surface area contributed by atoms with Crippen LogP contribution >= 0.6 is 0 Å². The van der Waals surface area contributed by atoms with Crippen LogP contribution in [0.1, 0.15) is 22.8 Å². The van der Waals surface area contributed by atoms with Gasteiger partial charge in [-0.1, -0.05) is 24.3 Å². The van der Waals surface area contributed by atoms with Crippen molar-refractivity contribution in [2.45, 2.75) is 19.6 Å². The second-order valence-corrected chi connectivity index (χ2v) is 7.45. The Labute approximate surface area is 190 Å². The number of carbonyl (C=O) groups is 2. The van der Waals surface area contributed by atoms with Crippen LogP contribution in [0.5, 0.6) is 17.2 Å². The van der Waals surface area contributed by atoms with Crippen molar-refractivity contribution in [2.24, 2.45) is 0 Å². The SMILES string of the molecule is COc1cccc(OC)c1C(=O)Nc1ccc2c(c1)N(Cc1ccccc1F)C(=O)C(C)O2. The van der Waals surface area contributed by atoms with E-state index in [1.807, 2.05) is 0 Å². The summed E-state index contributed by atoms with van der Waals surface area (Å²) in [5.74, 6) is 0.0311. The number of hydrogen-bond acceptors (Lipinski definition) is 5. The molecule has 1 aliphatic rings. The smallest absolute Gasteiger partial charge is 0.268 e. The Kier molecular flexibility index (Phi) is 6.17. The highest BCUT2D eigenvalue weighted by Gasteiger charge is 2.32. The second-order valence-electron chi connectivity index (χ2n) is 7.45. The van der Waals surface area contributed by atoms with Crippen LogP contribution in [0.2, 0.25) is 0 Å². The summed E-state index contributed by atoms with van der Waals surface area (Å²) in [5.41, 5.74) is 1.48. The average molecular weight is 450 g/mol. The molecule has 0 spiro atoms. The maximum absolute atomic E-state index is 14.3. The van der Waals surface area contributed by atoms with E-state index in [9.17, 15) is 14.0 Å². The van der Waals surface area contributed by atoms with E-state index >= 15 is 0 Å². The van der Waals surface area contributed by atoms with Crippen molar-refractivity contribution in [1.82, 2.24) is 0 Å². The molecule has 0 aromatic heterocycles. The van der Waals surface area contributed by atoms with Crippen LogP contribution in [0.25, 0.3) is 0 Å². The minimum Gasteiger partial charge on any atom is -0.496 e. The fourth-order valence-electron chi connectivity index (χ4n) is 3.71. The number of amides is 2. The molecular formula is C25H23FN2O5. The minimum absolute atomic E-state index is 0.0317. The van der Waals surface area contributed by atoms with Gasteiger partial charge in [0, 0.05) is 11.3 Å². The number of anilines is 2.